The number of benzene rings is 1. The van der Waals surface area contributed by atoms with Gasteiger partial charge in [0.2, 0.25) is 5.91 Å². The molecule has 1 atom stereocenters. The first kappa shape index (κ1) is 21.7. The molecule has 10 nitrogen and oxygen atoms in total. The zero-order chi connectivity index (χ0) is 24.1. The number of carbonyl (C=O) groups excluding carboxylic acids is 3. The molecule has 1 spiro atoms. The minimum absolute atomic E-state index is 0.285. The molecule has 3 heterocycles. The molecule has 1 aromatic carbocycles. The zero-order valence-corrected chi connectivity index (χ0v) is 19.2. The molecule has 1 aliphatic carbocycles. The van der Waals surface area contributed by atoms with E-state index < -0.39 is 29.9 Å². The largest absolute Gasteiger partial charge is 0.325 e. The number of imide groups is 1. The van der Waals surface area contributed by atoms with Gasteiger partial charge in [-0.15, -0.1) is 0 Å². The lowest BCUT2D eigenvalue weighted by Crippen LogP contribution is -2.43. The van der Waals surface area contributed by atoms with Crippen molar-refractivity contribution in [3.63, 3.8) is 0 Å². The van der Waals surface area contributed by atoms with Crippen LogP contribution < -0.4 is 10.6 Å². The second-order valence-corrected chi connectivity index (χ2v) is 9.56. The van der Waals surface area contributed by atoms with E-state index in [4.69, 9.17) is 0 Å². The summed E-state index contributed by atoms with van der Waals surface area (Å²) in [6, 6.07) is 10.4. The van der Waals surface area contributed by atoms with Crippen LogP contribution in [0.1, 0.15) is 44.0 Å². The molecule has 5 rings (SSSR count). The number of aromatic nitrogens is 4. The fraction of sp³-hybridized carbons (Fsp3) is 0.333. The van der Waals surface area contributed by atoms with Crippen molar-refractivity contribution < 1.29 is 14.4 Å². The van der Waals surface area contributed by atoms with E-state index in [0.717, 1.165) is 21.7 Å². The Labute approximate surface area is 196 Å². The molecule has 1 fully saturated rings. The van der Waals surface area contributed by atoms with Gasteiger partial charge in [0.1, 0.15) is 17.9 Å². The van der Waals surface area contributed by atoms with Gasteiger partial charge in [-0.25, -0.2) is 14.8 Å². The molecule has 1 aliphatic heterocycles. The van der Waals surface area contributed by atoms with Crippen LogP contribution in [0.4, 0.5) is 10.6 Å². The fourth-order valence-electron chi connectivity index (χ4n) is 4.45. The maximum atomic E-state index is 13.3. The number of nitrogens with one attached hydrogen (secondary N) is 2. The molecular formula is C24H25N7O3. The first-order valence-corrected chi connectivity index (χ1v) is 11.1. The number of nitrogens with zero attached hydrogens (tertiary/aromatic N) is 5. The zero-order valence-electron chi connectivity index (χ0n) is 19.2. The molecule has 34 heavy (non-hydrogen) atoms. The van der Waals surface area contributed by atoms with Crippen molar-refractivity contribution in [1.82, 2.24) is 30.0 Å². The lowest BCUT2D eigenvalue weighted by Gasteiger charge is -2.22. The average molecular weight is 460 g/mol. The molecule has 0 saturated carbocycles. The van der Waals surface area contributed by atoms with Gasteiger partial charge in [0, 0.05) is 23.9 Å². The number of amides is 4. The third kappa shape index (κ3) is 3.51. The van der Waals surface area contributed by atoms with Crippen LogP contribution in [0.25, 0.3) is 5.95 Å². The summed E-state index contributed by atoms with van der Waals surface area (Å²) in [5.41, 5.74) is 1.17. The molecule has 2 aromatic heterocycles. The second-order valence-electron chi connectivity index (χ2n) is 9.56. The Balaban J connectivity index is 1.39. The summed E-state index contributed by atoms with van der Waals surface area (Å²) in [5, 5.41) is 10.2. The Morgan fingerprint density at radius 2 is 1.88 bits per heavy atom. The van der Waals surface area contributed by atoms with Crippen molar-refractivity contribution in [2.45, 2.75) is 44.6 Å². The molecule has 3 aromatic rings. The third-order valence-corrected chi connectivity index (χ3v) is 6.21. The SMILES string of the molecule is CC(C)(C)c1cc(NC(=O)CN2C(=O)NC3(CCc4ccccc43)C2=O)n(-c2ncccn2)n1. The van der Waals surface area contributed by atoms with Gasteiger partial charge in [-0.1, -0.05) is 45.0 Å². The van der Waals surface area contributed by atoms with Crippen LogP contribution in [0.15, 0.2) is 48.8 Å². The van der Waals surface area contributed by atoms with Crippen LogP contribution in [0.2, 0.25) is 0 Å². The third-order valence-electron chi connectivity index (χ3n) is 6.21. The van der Waals surface area contributed by atoms with E-state index in [1.807, 2.05) is 45.0 Å². The monoisotopic (exact) mass is 459 g/mol. The number of anilines is 1. The molecule has 2 N–H and O–H groups in total. The maximum absolute atomic E-state index is 13.3. The van der Waals surface area contributed by atoms with E-state index >= 15 is 0 Å². The van der Waals surface area contributed by atoms with Crippen molar-refractivity contribution in [3.8, 4) is 5.95 Å². The molecular weight excluding hydrogens is 434 g/mol. The minimum Gasteiger partial charge on any atom is -0.319 e. The minimum atomic E-state index is -1.10. The molecule has 1 saturated heterocycles. The van der Waals surface area contributed by atoms with Crippen LogP contribution in [-0.2, 0) is 27.0 Å². The van der Waals surface area contributed by atoms with E-state index in [0.29, 0.717) is 24.6 Å². The normalized spacial score (nSPS) is 19.4. The summed E-state index contributed by atoms with van der Waals surface area (Å²) in [5.74, 6) is -0.281. The van der Waals surface area contributed by atoms with Gasteiger partial charge >= 0.3 is 6.03 Å². The second kappa shape index (κ2) is 7.75. The van der Waals surface area contributed by atoms with E-state index in [1.54, 1.807) is 24.5 Å². The summed E-state index contributed by atoms with van der Waals surface area (Å²) in [7, 11) is 0. The van der Waals surface area contributed by atoms with E-state index in [1.165, 1.54) is 4.68 Å². The Morgan fingerprint density at radius 1 is 1.15 bits per heavy atom. The van der Waals surface area contributed by atoms with Crippen molar-refractivity contribution in [1.29, 1.82) is 0 Å². The summed E-state index contributed by atoms with van der Waals surface area (Å²) in [4.78, 5) is 48.5. The number of fused-ring (bicyclic) bond motifs is 2. The lowest BCUT2D eigenvalue weighted by atomic mass is 9.92. The number of urea groups is 1. The van der Waals surface area contributed by atoms with E-state index in [-0.39, 0.29) is 5.41 Å². The molecule has 0 radical (unpaired) electrons. The average Bonchev–Trinajstić information content (AvgIpc) is 3.46. The predicted molar refractivity (Wildman–Crippen MR) is 123 cm³/mol. The maximum Gasteiger partial charge on any atom is 0.325 e. The fourth-order valence-corrected chi connectivity index (χ4v) is 4.45. The number of carbonyl (C=O) groups is 3. The number of rotatable bonds is 4. The van der Waals surface area contributed by atoms with Gasteiger partial charge in [0.05, 0.1) is 5.69 Å². The number of hydrogen-bond donors (Lipinski definition) is 2. The molecule has 2 aliphatic rings. The van der Waals surface area contributed by atoms with Crippen LogP contribution >= 0.6 is 0 Å². The molecule has 0 bridgehead atoms. The van der Waals surface area contributed by atoms with Crippen LogP contribution in [0, 0.1) is 0 Å². The van der Waals surface area contributed by atoms with Gasteiger partial charge in [0.25, 0.3) is 11.9 Å². The summed E-state index contributed by atoms with van der Waals surface area (Å²) in [6.07, 6.45) is 4.33. The molecule has 174 valence electrons. The van der Waals surface area contributed by atoms with Crippen molar-refractivity contribution >= 4 is 23.7 Å². The topological polar surface area (TPSA) is 122 Å². The Bertz CT molecular complexity index is 1300. The quantitative estimate of drug-likeness (QED) is 0.578. The first-order valence-electron chi connectivity index (χ1n) is 11.1. The highest BCUT2D eigenvalue weighted by Gasteiger charge is 2.55. The molecule has 1 unspecified atom stereocenters. The number of aryl methyl sites for hydroxylation is 1. The summed E-state index contributed by atoms with van der Waals surface area (Å²) < 4.78 is 1.44. The highest BCUT2D eigenvalue weighted by molar-refractivity contribution is 6.10. The van der Waals surface area contributed by atoms with Crippen LogP contribution in [0.5, 0.6) is 0 Å². The van der Waals surface area contributed by atoms with Gasteiger partial charge in [0.15, 0.2) is 0 Å². The highest BCUT2D eigenvalue weighted by Crippen LogP contribution is 2.41. The van der Waals surface area contributed by atoms with Crippen molar-refractivity contribution in [2.24, 2.45) is 0 Å². The Morgan fingerprint density at radius 3 is 2.62 bits per heavy atom. The van der Waals surface area contributed by atoms with Gasteiger partial charge in [-0.3, -0.25) is 14.5 Å². The first-order chi connectivity index (χ1) is 16.2. The standard InChI is InChI=1S/C24H25N7O3/c1-23(2,3)17-13-18(31(29-17)21-25-11-6-12-26-21)27-19(32)14-30-20(33)24(28-22(30)34)10-9-15-7-4-5-8-16(15)24/h4-8,11-13H,9-10,14H2,1-3H3,(H,27,32)(H,28,34). The smallest absolute Gasteiger partial charge is 0.319 e. The van der Waals surface area contributed by atoms with Crippen molar-refractivity contribution in [2.75, 3.05) is 11.9 Å². The summed E-state index contributed by atoms with van der Waals surface area (Å²) >= 11 is 0. The predicted octanol–water partition coefficient (Wildman–Crippen LogP) is 2.29. The van der Waals surface area contributed by atoms with Gasteiger partial charge in [-0.2, -0.15) is 9.78 Å². The van der Waals surface area contributed by atoms with Gasteiger partial charge < -0.3 is 10.6 Å². The molecule has 10 heteroatoms. The number of hydrogen-bond acceptors (Lipinski definition) is 6. The lowest BCUT2D eigenvalue weighted by molar-refractivity contribution is -0.134. The van der Waals surface area contributed by atoms with Gasteiger partial charge in [-0.05, 0) is 30.0 Å². The Kier molecular flexibility index (Phi) is 4.96. The highest BCUT2D eigenvalue weighted by atomic mass is 16.2. The Hall–Kier alpha value is -4.08. The van der Waals surface area contributed by atoms with E-state index in [2.05, 4.69) is 25.7 Å². The van der Waals surface area contributed by atoms with E-state index in [9.17, 15) is 14.4 Å². The summed E-state index contributed by atoms with van der Waals surface area (Å²) in [6.45, 7) is 5.59. The van der Waals surface area contributed by atoms with Crippen LogP contribution in [-0.4, -0.2) is 49.0 Å². The molecule has 4 amide bonds. The van der Waals surface area contributed by atoms with Crippen molar-refractivity contribution in [3.05, 3.63) is 65.6 Å². The van der Waals surface area contributed by atoms with Crippen LogP contribution in [0.3, 0.4) is 0 Å².